The number of alkyl halides is 3. The maximum absolute atomic E-state index is 12.8. The molecule has 1 aromatic rings. The molecule has 1 aliphatic rings. The van der Waals surface area contributed by atoms with E-state index >= 15 is 0 Å². The van der Waals surface area contributed by atoms with Crippen molar-refractivity contribution in [2.24, 2.45) is 5.73 Å². The van der Waals surface area contributed by atoms with Crippen LogP contribution in [0.4, 0.5) is 19.0 Å². The second-order valence-electron chi connectivity index (χ2n) is 4.85. The standard InChI is InChI=1S/C13H16F3N3O2/c1-21-8-4-6-19(7-5-8)12-9(11(17)20)2-3-10(18-12)13(14,15)16/h2-3,8H,4-7H2,1H3,(H2,17,20). The molecule has 5 nitrogen and oxygen atoms in total. The van der Waals surface area contributed by atoms with E-state index in [0.29, 0.717) is 25.9 Å². The van der Waals surface area contributed by atoms with Gasteiger partial charge in [-0.25, -0.2) is 4.98 Å². The molecule has 0 spiro atoms. The number of nitrogens with two attached hydrogens (primary N) is 1. The first-order valence-electron chi connectivity index (χ1n) is 6.48. The number of nitrogens with zero attached hydrogens (tertiary/aromatic N) is 2. The van der Waals surface area contributed by atoms with Gasteiger partial charge in [0.25, 0.3) is 5.91 Å². The van der Waals surface area contributed by atoms with Crippen LogP contribution in [-0.4, -0.2) is 37.2 Å². The van der Waals surface area contributed by atoms with Crippen molar-refractivity contribution in [3.8, 4) is 0 Å². The monoisotopic (exact) mass is 303 g/mol. The summed E-state index contributed by atoms with van der Waals surface area (Å²) in [6.07, 6.45) is -3.17. The second kappa shape index (κ2) is 5.88. The zero-order chi connectivity index (χ0) is 15.6. The van der Waals surface area contributed by atoms with E-state index in [9.17, 15) is 18.0 Å². The number of methoxy groups -OCH3 is 1. The summed E-state index contributed by atoms with van der Waals surface area (Å²) in [5.74, 6) is -0.799. The van der Waals surface area contributed by atoms with E-state index in [1.807, 2.05) is 0 Å². The Bertz CT molecular complexity index is 526. The number of amides is 1. The molecule has 2 heterocycles. The van der Waals surface area contributed by atoms with Crippen molar-refractivity contribution in [2.45, 2.75) is 25.1 Å². The lowest BCUT2D eigenvalue weighted by atomic mass is 10.1. The number of aromatic nitrogens is 1. The third kappa shape index (κ3) is 3.44. The number of primary amides is 1. The Hall–Kier alpha value is -1.83. The van der Waals surface area contributed by atoms with Gasteiger partial charge in [0.2, 0.25) is 0 Å². The quantitative estimate of drug-likeness (QED) is 0.924. The minimum absolute atomic E-state index is 0.00105. The maximum atomic E-state index is 12.8. The summed E-state index contributed by atoms with van der Waals surface area (Å²) in [5.41, 5.74) is 4.19. The fourth-order valence-corrected chi connectivity index (χ4v) is 2.34. The third-order valence-electron chi connectivity index (χ3n) is 3.51. The van der Waals surface area contributed by atoms with Crippen molar-refractivity contribution in [1.29, 1.82) is 0 Å². The Morgan fingerprint density at radius 3 is 2.48 bits per heavy atom. The highest BCUT2D eigenvalue weighted by Crippen LogP contribution is 2.31. The van der Waals surface area contributed by atoms with Crippen LogP contribution >= 0.6 is 0 Å². The molecule has 1 saturated heterocycles. The topological polar surface area (TPSA) is 68.4 Å². The summed E-state index contributed by atoms with van der Waals surface area (Å²) in [6, 6.07) is 1.85. The number of anilines is 1. The van der Waals surface area contributed by atoms with Gasteiger partial charge in [-0.05, 0) is 25.0 Å². The van der Waals surface area contributed by atoms with Gasteiger partial charge in [-0.2, -0.15) is 13.2 Å². The maximum Gasteiger partial charge on any atom is 0.433 e. The Kier molecular flexibility index (Phi) is 4.36. The average molecular weight is 303 g/mol. The lowest BCUT2D eigenvalue weighted by Crippen LogP contribution is -2.38. The van der Waals surface area contributed by atoms with E-state index in [4.69, 9.17) is 10.5 Å². The highest BCUT2D eigenvalue weighted by atomic mass is 19.4. The van der Waals surface area contributed by atoms with Crippen LogP contribution in [0.5, 0.6) is 0 Å². The zero-order valence-electron chi connectivity index (χ0n) is 11.5. The van der Waals surface area contributed by atoms with E-state index in [1.165, 1.54) is 0 Å². The van der Waals surface area contributed by atoms with Crippen molar-refractivity contribution in [3.05, 3.63) is 23.4 Å². The minimum Gasteiger partial charge on any atom is -0.381 e. The van der Waals surface area contributed by atoms with Crippen LogP contribution in [-0.2, 0) is 10.9 Å². The molecule has 1 aliphatic heterocycles. The van der Waals surface area contributed by atoms with Crippen LogP contribution in [0.2, 0.25) is 0 Å². The summed E-state index contributed by atoms with van der Waals surface area (Å²) in [5, 5.41) is 0. The molecule has 1 aromatic heterocycles. The molecule has 8 heteroatoms. The second-order valence-corrected chi connectivity index (χ2v) is 4.85. The van der Waals surface area contributed by atoms with Crippen LogP contribution in [0, 0.1) is 0 Å². The molecule has 0 unspecified atom stereocenters. The molecular weight excluding hydrogens is 287 g/mol. The fraction of sp³-hybridized carbons (Fsp3) is 0.538. The SMILES string of the molecule is COC1CCN(c2nc(C(F)(F)F)ccc2C(N)=O)CC1. The lowest BCUT2D eigenvalue weighted by molar-refractivity contribution is -0.141. The Labute approximate surface area is 119 Å². The number of carbonyl (C=O) groups excluding carboxylic acids is 1. The number of pyridine rings is 1. The van der Waals surface area contributed by atoms with Crippen LogP contribution < -0.4 is 10.6 Å². The predicted octanol–water partition coefficient (Wildman–Crippen LogP) is 1.81. The number of halogens is 3. The Balaban J connectivity index is 2.33. The number of hydrogen-bond donors (Lipinski definition) is 1. The van der Waals surface area contributed by atoms with Crippen molar-refractivity contribution in [3.63, 3.8) is 0 Å². The minimum atomic E-state index is -4.56. The van der Waals surface area contributed by atoms with Crippen LogP contribution in [0.3, 0.4) is 0 Å². The van der Waals surface area contributed by atoms with Crippen LogP contribution in [0.25, 0.3) is 0 Å². The number of rotatable bonds is 3. The fourth-order valence-electron chi connectivity index (χ4n) is 2.34. The highest BCUT2D eigenvalue weighted by Gasteiger charge is 2.34. The molecule has 0 bridgehead atoms. The van der Waals surface area contributed by atoms with Gasteiger partial charge in [0.15, 0.2) is 0 Å². The summed E-state index contributed by atoms with van der Waals surface area (Å²) < 4.78 is 43.5. The van der Waals surface area contributed by atoms with Gasteiger partial charge in [-0.3, -0.25) is 4.79 Å². The number of piperidine rings is 1. The highest BCUT2D eigenvalue weighted by molar-refractivity contribution is 5.97. The number of ether oxygens (including phenoxy) is 1. The summed E-state index contributed by atoms with van der Waals surface area (Å²) in [7, 11) is 1.59. The Morgan fingerprint density at radius 2 is 2.00 bits per heavy atom. The van der Waals surface area contributed by atoms with Gasteiger partial charge in [0, 0.05) is 20.2 Å². The first kappa shape index (κ1) is 15.6. The molecule has 116 valence electrons. The van der Waals surface area contributed by atoms with Crippen LogP contribution in [0.1, 0.15) is 28.9 Å². The average Bonchev–Trinajstić information content (AvgIpc) is 2.45. The smallest absolute Gasteiger partial charge is 0.381 e. The van der Waals surface area contributed by atoms with E-state index in [2.05, 4.69) is 4.98 Å². The molecule has 0 radical (unpaired) electrons. The molecular formula is C13H16F3N3O2. The molecule has 0 aliphatic carbocycles. The normalized spacial score (nSPS) is 17.0. The molecule has 1 fully saturated rings. The predicted molar refractivity (Wildman–Crippen MR) is 70.0 cm³/mol. The van der Waals surface area contributed by atoms with Crippen molar-refractivity contribution in [2.75, 3.05) is 25.1 Å². The largest absolute Gasteiger partial charge is 0.433 e. The summed E-state index contributed by atoms with van der Waals surface area (Å²) in [4.78, 5) is 16.6. The van der Waals surface area contributed by atoms with Gasteiger partial charge >= 0.3 is 6.18 Å². The van der Waals surface area contributed by atoms with Gasteiger partial charge in [0.1, 0.15) is 11.5 Å². The van der Waals surface area contributed by atoms with E-state index in [1.54, 1.807) is 12.0 Å². The van der Waals surface area contributed by atoms with Gasteiger partial charge in [-0.1, -0.05) is 0 Å². The van der Waals surface area contributed by atoms with Gasteiger partial charge in [0.05, 0.1) is 11.7 Å². The third-order valence-corrected chi connectivity index (χ3v) is 3.51. The van der Waals surface area contributed by atoms with E-state index in [-0.39, 0.29) is 17.5 Å². The molecule has 0 aromatic carbocycles. The van der Waals surface area contributed by atoms with E-state index in [0.717, 1.165) is 12.1 Å². The zero-order valence-corrected chi connectivity index (χ0v) is 11.5. The number of hydrogen-bond acceptors (Lipinski definition) is 4. The van der Waals surface area contributed by atoms with Gasteiger partial charge in [-0.15, -0.1) is 0 Å². The van der Waals surface area contributed by atoms with Gasteiger partial charge < -0.3 is 15.4 Å². The molecule has 21 heavy (non-hydrogen) atoms. The number of carbonyl (C=O) groups is 1. The molecule has 2 N–H and O–H groups in total. The van der Waals surface area contributed by atoms with Crippen molar-refractivity contribution >= 4 is 11.7 Å². The first-order chi connectivity index (χ1) is 9.82. The molecule has 0 saturated carbocycles. The Morgan fingerprint density at radius 1 is 1.38 bits per heavy atom. The molecule has 2 rings (SSSR count). The lowest BCUT2D eigenvalue weighted by Gasteiger charge is -2.33. The molecule has 1 amide bonds. The van der Waals surface area contributed by atoms with Crippen molar-refractivity contribution in [1.82, 2.24) is 4.98 Å². The van der Waals surface area contributed by atoms with E-state index < -0.39 is 17.8 Å². The van der Waals surface area contributed by atoms with Crippen LogP contribution in [0.15, 0.2) is 12.1 Å². The summed E-state index contributed by atoms with van der Waals surface area (Å²) >= 11 is 0. The molecule has 0 atom stereocenters. The first-order valence-corrected chi connectivity index (χ1v) is 6.48. The van der Waals surface area contributed by atoms with Crippen molar-refractivity contribution < 1.29 is 22.7 Å². The summed E-state index contributed by atoms with van der Waals surface area (Å²) in [6.45, 7) is 0.931.